The molecule has 26 heavy (non-hydrogen) atoms. The summed E-state index contributed by atoms with van der Waals surface area (Å²) in [6.45, 7) is 8.35. The van der Waals surface area contributed by atoms with Gasteiger partial charge in [0.05, 0.1) is 12.1 Å². The van der Waals surface area contributed by atoms with Gasteiger partial charge in [0.15, 0.2) is 5.82 Å². The van der Waals surface area contributed by atoms with Crippen LogP contribution in [0.15, 0.2) is 34.9 Å². The fourth-order valence-corrected chi connectivity index (χ4v) is 2.99. The first-order valence-electron chi connectivity index (χ1n) is 8.69. The first kappa shape index (κ1) is 17.9. The molecule has 3 aromatic rings. The van der Waals surface area contributed by atoms with Gasteiger partial charge in [-0.1, -0.05) is 37.2 Å². The zero-order valence-corrected chi connectivity index (χ0v) is 15.8. The molecule has 1 N–H and O–H groups in total. The molecule has 0 aliphatic heterocycles. The Balaban J connectivity index is 1.84. The number of fused-ring (bicyclic) bond motifs is 1. The van der Waals surface area contributed by atoms with Crippen molar-refractivity contribution in [2.45, 2.75) is 33.6 Å². The fraction of sp³-hybridized carbons (Fsp3) is 0.350. The maximum absolute atomic E-state index is 12.3. The number of aryl methyl sites for hydroxylation is 2. The summed E-state index contributed by atoms with van der Waals surface area (Å²) in [6, 6.07) is 9.98. The van der Waals surface area contributed by atoms with Crippen molar-refractivity contribution in [2.75, 3.05) is 23.8 Å². The summed E-state index contributed by atoms with van der Waals surface area (Å²) in [5, 5.41) is 7.66. The smallest absolute Gasteiger partial charge is 0.245 e. The predicted molar refractivity (Wildman–Crippen MR) is 104 cm³/mol. The van der Waals surface area contributed by atoms with Crippen LogP contribution >= 0.6 is 0 Å². The Morgan fingerprint density at radius 2 is 2.04 bits per heavy atom. The highest BCUT2D eigenvalue weighted by Gasteiger charge is 2.14. The molecule has 0 fully saturated rings. The van der Waals surface area contributed by atoms with Gasteiger partial charge in [0.25, 0.3) is 0 Å². The molecule has 136 valence electrons. The third-order valence-electron chi connectivity index (χ3n) is 4.35. The molecule has 6 nitrogen and oxygen atoms in total. The highest BCUT2D eigenvalue weighted by Crippen LogP contribution is 2.28. The van der Waals surface area contributed by atoms with Crippen molar-refractivity contribution < 1.29 is 9.32 Å². The molecule has 0 aliphatic rings. The molecule has 0 spiro atoms. The molecule has 0 unspecified atom stereocenters. The summed E-state index contributed by atoms with van der Waals surface area (Å²) < 4.78 is 4.96. The van der Waals surface area contributed by atoms with E-state index in [2.05, 4.69) is 49.4 Å². The van der Waals surface area contributed by atoms with E-state index < -0.39 is 0 Å². The first-order valence-corrected chi connectivity index (χ1v) is 8.69. The minimum atomic E-state index is -0.169. The maximum atomic E-state index is 12.3. The molecule has 0 saturated heterocycles. The van der Waals surface area contributed by atoms with Crippen molar-refractivity contribution >= 4 is 28.4 Å². The van der Waals surface area contributed by atoms with E-state index in [9.17, 15) is 4.79 Å². The van der Waals surface area contributed by atoms with Gasteiger partial charge < -0.3 is 14.7 Å². The average molecular weight is 352 g/mol. The molecular formula is C20H24N4O2. The zero-order valence-electron chi connectivity index (χ0n) is 15.8. The topological polar surface area (TPSA) is 71.3 Å². The molecule has 1 amide bonds. The van der Waals surface area contributed by atoms with Crippen molar-refractivity contribution in [1.29, 1.82) is 0 Å². The fourth-order valence-electron chi connectivity index (χ4n) is 2.99. The lowest BCUT2D eigenvalue weighted by atomic mass is 9.98. The average Bonchev–Trinajstić information content (AvgIpc) is 2.98. The van der Waals surface area contributed by atoms with Crippen LogP contribution in [0, 0.1) is 13.8 Å². The normalized spacial score (nSPS) is 11.2. The lowest BCUT2D eigenvalue weighted by molar-refractivity contribution is -0.115. The van der Waals surface area contributed by atoms with Gasteiger partial charge in [-0.3, -0.25) is 4.79 Å². The van der Waals surface area contributed by atoms with Crippen molar-refractivity contribution in [3.8, 4) is 0 Å². The number of carbonyl (C=O) groups is 1. The maximum Gasteiger partial charge on any atom is 0.245 e. The van der Waals surface area contributed by atoms with E-state index in [1.165, 1.54) is 5.56 Å². The molecule has 0 radical (unpaired) electrons. The van der Waals surface area contributed by atoms with Crippen LogP contribution in [-0.2, 0) is 4.79 Å². The summed E-state index contributed by atoms with van der Waals surface area (Å²) in [5.41, 5.74) is 3.35. The Kier molecular flexibility index (Phi) is 4.93. The van der Waals surface area contributed by atoms with Crippen LogP contribution in [0.1, 0.15) is 36.7 Å². The predicted octanol–water partition coefficient (Wildman–Crippen LogP) is 4.04. The molecule has 0 saturated carbocycles. The van der Waals surface area contributed by atoms with E-state index in [1.54, 1.807) is 13.0 Å². The number of carbonyl (C=O) groups excluding carboxylic acids is 1. The van der Waals surface area contributed by atoms with Crippen molar-refractivity contribution in [2.24, 2.45) is 0 Å². The number of amides is 1. The number of hydrogen-bond donors (Lipinski definition) is 1. The van der Waals surface area contributed by atoms with Crippen molar-refractivity contribution in [3.63, 3.8) is 0 Å². The molecule has 6 heteroatoms. The number of nitrogens with one attached hydrogen (secondary N) is 1. The number of pyridine rings is 1. The molecule has 0 bridgehead atoms. The van der Waals surface area contributed by atoms with Crippen molar-refractivity contribution in [3.05, 3.63) is 47.2 Å². The minimum Gasteiger partial charge on any atom is -0.360 e. The third-order valence-corrected chi connectivity index (χ3v) is 4.35. The van der Waals surface area contributed by atoms with Gasteiger partial charge in [-0.25, -0.2) is 4.98 Å². The second-order valence-electron chi connectivity index (χ2n) is 6.92. The number of para-hydroxylation sites is 1. The highest BCUT2D eigenvalue weighted by molar-refractivity contribution is 5.93. The summed E-state index contributed by atoms with van der Waals surface area (Å²) in [6.07, 6.45) is 0. The SMILES string of the molecule is Cc1cc(NC(=O)CN(C)c2cc(C)c3cccc(C(C)C)c3n2)no1. The van der Waals surface area contributed by atoms with Crippen LogP contribution in [0.2, 0.25) is 0 Å². The van der Waals surface area contributed by atoms with Gasteiger partial charge in [-0.2, -0.15) is 0 Å². The number of anilines is 2. The van der Waals surface area contributed by atoms with Gasteiger partial charge in [0.2, 0.25) is 5.91 Å². The summed E-state index contributed by atoms with van der Waals surface area (Å²) in [7, 11) is 1.86. The van der Waals surface area contributed by atoms with Gasteiger partial charge in [0.1, 0.15) is 11.6 Å². The Bertz CT molecular complexity index is 946. The number of aromatic nitrogens is 2. The van der Waals surface area contributed by atoms with E-state index in [1.807, 2.05) is 18.0 Å². The molecule has 2 aromatic heterocycles. The van der Waals surface area contributed by atoms with E-state index in [4.69, 9.17) is 9.51 Å². The van der Waals surface area contributed by atoms with Gasteiger partial charge >= 0.3 is 0 Å². The van der Waals surface area contributed by atoms with E-state index in [0.717, 1.165) is 22.3 Å². The van der Waals surface area contributed by atoms with E-state index >= 15 is 0 Å². The standard InChI is InChI=1S/C20H24N4O2/c1-12(2)15-7-6-8-16-13(3)9-18(22-20(15)16)24(5)11-19(25)21-17-10-14(4)26-23-17/h6-10,12H,11H2,1-5H3,(H,21,23,25). The van der Waals surface area contributed by atoms with E-state index in [0.29, 0.717) is 17.5 Å². The second kappa shape index (κ2) is 7.15. The molecule has 2 heterocycles. The molecule has 1 aromatic carbocycles. The summed E-state index contributed by atoms with van der Waals surface area (Å²) in [5.74, 6) is 2.06. The lowest BCUT2D eigenvalue weighted by Crippen LogP contribution is -2.30. The molecule has 0 aliphatic carbocycles. The van der Waals surface area contributed by atoms with Crippen LogP contribution in [-0.4, -0.2) is 29.6 Å². The minimum absolute atomic E-state index is 0.169. The number of hydrogen-bond acceptors (Lipinski definition) is 5. The lowest BCUT2D eigenvalue weighted by Gasteiger charge is -2.20. The second-order valence-corrected chi connectivity index (χ2v) is 6.92. The largest absolute Gasteiger partial charge is 0.360 e. The summed E-state index contributed by atoms with van der Waals surface area (Å²) in [4.78, 5) is 18.9. The number of likely N-dealkylation sites (N-methyl/N-ethyl adjacent to an activating group) is 1. The molecular weight excluding hydrogens is 328 g/mol. The van der Waals surface area contributed by atoms with Crippen LogP contribution in [0.3, 0.4) is 0 Å². The number of rotatable bonds is 5. The Hall–Kier alpha value is -2.89. The van der Waals surface area contributed by atoms with Gasteiger partial charge in [-0.15, -0.1) is 0 Å². The van der Waals surface area contributed by atoms with Crippen LogP contribution in [0.4, 0.5) is 11.6 Å². The quantitative estimate of drug-likeness (QED) is 0.750. The number of nitrogens with zero attached hydrogens (tertiary/aromatic N) is 3. The van der Waals surface area contributed by atoms with Crippen LogP contribution in [0.5, 0.6) is 0 Å². The van der Waals surface area contributed by atoms with E-state index in [-0.39, 0.29) is 12.5 Å². The summed E-state index contributed by atoms with van der Waals surface area (Å²) >= 11 is 0. The Morgan fingerprint density at radius 3 is 2.69 bits per heavy atom. The van der Waals surface area contributed by atoms with Crippen LogP contribution in [0.25, 0.3) is 10.9 Å². The number of benzene rings is 1. The van der Waals surface area contributed by atoms with Crippen molar-refractivity contribution in [1.82, 2.24) is 10.1 Å². The Morgan fingerprint density at radius 1 is 1.27 bits per heavy atom. The molecule has 0 atom stereocenters. The van der Waals surface area contributed by atoms with Gasteiger partial charge in [0, 0.05) is 18.5 Å². The third kappa shape index (κ3) is 3.69. The molecule has 3 rings (SSSR count). The Labute approximate surface area is 153 Å². The highest BCUT2D eigenvalue weighted by atomic mass is 16.5. The monoisotopic (exact) mass is 352 g/mol. The van der Waals surface area contributed by atoms with Gasteiger partial charge in [-0.05, 0) is 37.0 Å². The van der Waals surface area contributed by atoms with Crippen LogP contribution < -0.4 is 10.2 Å². The first-order chi connectivity index (χ1) is 12.3. The zero-order chi connectivity index (χ0) is 18.8.